The van der Waals surface area contributed by atoms with E-state index < -0.39 is 26.8 Å². The van der Waals surface area contributed by atoms with Crippen LogP contribution in [0, 0.1) is 26.6 Å². The topological polar surface area (TPSA) is 124 Å². The number of carbonyl (C=O) groups excluding carboxylic acids is 1. The van der Waals surface area contributed by atoms with E-state index in [1.807, 2.05) is 37.6 Å². The molecule has 0 saturated carbocycles. The Morgan fingerprint density at radius 3 is 2.28 bits per heavy atom. The molecule has 0 radical (unpaired) electrons. The van der Waals surface area contributed by atoms with E-state index in [-0.39, 0.29) is 18.7 Å². The zero-order valence-electron chi connectivity index (χ0n) is 19.7. The fraction of sp³-hybridized carbons (Fsp3) is 0.115. The third kappa shape index (κ3) is 5.33. The first-order valence-corrected chi connectivity index (χ1v) is 12.3. The van der Waals surface area contributed by atoms with Crippen LogP contribution < -0.4 is 15.2 Å². The number of anilines is 1. The third-order valence-electron chi connectivity index (χ3n) is 5.30. The molecule has 8 nitrogen and oxygen atoms in total. The third-order valence-corrected chi connectivity index (χ3v) is 6.53. The maximum Gasteiger partial charge on any atom is 0.281 e. The molecule has 0 atom stereocenters. The first-order valence-electron chi connectivity index (χ1n) is 10.9. The van der Waals surface area contributed by atoms with Crippen molar-refractivity contribution in [3.05, 3.63) is 94.8 Å². The number of nitrogens with zero attached hydrogens (tertiary/aromatic N) is 2. The molecule has 2 heterocycles. The van der Waals surface area contributed by atoms with Crippen LogP contribution in [0.5, 0.6) is 11.6 Å². The van der Waals surface area contributed by atoms with Gasteiger partial charge in [0.1, 0.15) is 22.9 Å². The van der Waals surface area contributed by atoms with Crippen molar-refractivity contribution in [3.63, 3.8) is 0 Å². The number of benzene rings is 2. The number of halogens is 1. The minimum Gasteiger partial charge on any atom is -0.438 e. The molecule has 0 spiro atoms. The Kier molecular flexibility index (Phi) is 6.71. The summed E-state index contributed by atoms with van der Waals surface area (Å²) in [7, 11) is -4.32. The average Bonchev–Trinajstić information content (AvgIpc) is 2.81. The van der Waals surface area contributed by atoms with Gasteiger partial charge in [0.15, 0.2) is 5.03 Å². The highest BCUT2D eigenvalue weighted by Crippen LogP contribution is 2.32. The summed E-state index contributed by atoms with van der Waals surface area (Å²) in [6, 6.07) is 16.5. The van der Waals surface area contributed by atoms with Crippen molar-refractivity contribution in [1.29, 1.82) is 0 Å². The zero-order chi connectivity index (χ0) is 26.0. The highest BCUT2D eigenvalue weighted by atomic mass is 32.2. The van der Waals surface area contributed by atoms with Crippen molar-refractivity contribution in [2.45, 2.75) is 25.8 Å². The van der Waals surface area contributed by atoms with E-state index in [1.165, 1.54) is 42.5 Å². The van der Waals surface area contributed by atoms with Crippen LogP contribution in [0.1, 0.15) is 28.5 Å². The SMILES string of the molecule is Cc1cc(C)c(Oc2nc(-c3ccc(F)cc3)ccc2C(=O)NS(=O)(=O)c2cccc(N)n2)c(C)c1.[HH]. The largest absolute Gasteiger partial charge is 0.438 e. The number of carbonyl (C=O) groups is 1. The predicted molar refractivity (Wildman–Crippen MR) is 136 cm³/mol. The smallest absolute Gasteiger partial charge is 0.281 e. The zero-order valence-corrected chi connectivity index (χ0v) is 20.6. The van der Waals surface area contributed by atoms with Crippen LogP contribution in [0.2, 0.25) is 0 Å². The molecule has 36 heavy (non-hydrogen) atoms. The number of nitrogen functional groups attached to an aromatic ring is 1. The monoisotopic (exact) mass is 508 g/mol. The second kappa shape index (κ2) is 9.74. The van der Waals surface area contributed by atoms with Gasteiger partial charge in [0.05, 0.1) is 5.69 Å². The number of sulfonamides is 1. The number of rotatable bonds is 6. The summed E-state index contributed by atoms with van der Waals surface area (Å²) in [6.07, 6.45) is 0. The van der Waals surface area contributed by atoms with Gasteiger partial charge in [0, 0.05) is 6.99 Å². The molecular weight excluding hydrogens is 483 g/mol. The number of ether oxygens (including phenoxy) is 1. The Bertz CT molecular complexity index is 1560. The van der Waals surface area contributed by atoms with E-state index >= 15 is 0 Å². The lowest BCUT2D eigenvalue weighted by Gasteiger charge is -2.16. The summed E-state index contributed by atoms with van der Waals surface area (Å²) in [5.41, 5.74) is 9.11. The van der Waals surface area contributed by atoms with Crippen LogP contribution in [0.4, 0.5) is 10.2 Å². The van der Waals surface area contributed by atoms with Gasteiger partial charge >= 0.3 is 0 Å². The van der Waals surface area contributed by atoms with Gasteiger partial charge in [-0.3, -0.25) is 4.79 Å². The van der Waals surface area contributed by atoms with Crippen molar-refractivity contribution in [3.8, 4) is 22.9 Å². The lowest BCUT2D eigenvalue weighted by molar-refractivity contribution is 0.0978. The molecular formula is C26H25FN4O4S. The fourth-order valence-electron chi connectivity index (χ4n) is 3.71. The van der Waals surface area contributed by atoms with Gasteiger partial charge in [0.25, 0.3) is 15.9 Å². The van der Waals surface area contributed by atoms with Gasteiger partial charge in [-0.15, -0.1) is 0 Å². The van der Waals surface area contributed by atoms with Gasteiger partial charge in [-0.2, -0.15) is 8.42 Å². The van der Waals surface area contributed by atoms with Crippen molar-refractivity contribution in [2.75, 3.05) is 5.73 Å². The van der Waals surface area contributed by atoms with Gasteiger partial charge < -0.3 is 10.5 Å². The van der Waals surface area contributed by atoms with E-state index in [0.29, 0.717) is 17.0 Å². The van der Waals surface area contributed by atoms with Crippen molar-refractivity contribution in [2.24, 2.45) is 0 Å². The van der Waals surface area contributed by atoms with Gasteiger partial charge in [-0.1, -0.05) is 23.8 Å². The van der Waals surface area contributed by atoms with Crippen LogP contribution >= 0.6 is 0 Å². The van der Waals surface area contributed by atoms with Crippen molar-refractivity contribution < 1.29 is 23.8 Å². The predicted octanol–water partition coefficient (Wildman–Crippen LogP) is 4.95. The van der Waals surface area contributed by atoms with Crippen LogP contribution in [0.25, 0.3) is 11.3 Å². The maximum atomic E-state index is 13.4. The van der Waals surface area contributed by atoms with E-state index in [9.17, 15) is 17.6 Å². The van der Waals surface area contributed by atoms with Gasteiger partial charge in [-0.05, 0) is 80.4 Å². The van der Waals surface area contributed by atoms with E-state index in [0.717, 1.165) is 16.7 Å². The number of nitrogens with two attached hydrogens (primary N) is 1. The molecule has 0 bridgehead atoms. The standard InChI is InChI=1S/C26H23FN4O4S.H2/c1-15-13-16(2)24(17(3)14-15)35-26-20(11-12-21(29-26)18-7-9-19(27)10-8-18)25(32)31-36(33,34)23-6-4-5-22(28)30-23;/h4-14H,1-3H3,(H2,28,30)(H,31,32);1H. The Morgan fingerprint density at radius 2 is 1.64 bits per heavy atom. The number of amides is 1. The summed E-state index contributed by atoms with van der Waals surface area (Å²) in [4.78, 5) is 21.4. The Balaban J connectivity index is 0.00000380. The molecule has 4 aromatic rings. The molecule has 0 aliphatic carbocycles. The molecule has 3 N–H and O–H groups in total. The normalized spacial score (nSPS) is 11.2. The minimum atomic E-state index is -4.32. The maximum absolute atomic E-state index is 13.4. The summed E-state index contributed by atoms with van der Waals surface area (Å²) < 4.78 is 47.0. The molecule has 2 aromatic heterocycles. The van der Waals surface area contributed by atoms with E-state index in [4.69, 9.17) is 10.5 Å². The first-order chi connectivity index (χ1) is 17.0. The fourth-order valence-corrected chi connectivity index (χ4v) is 4.65. The Morgan fingerprint density at radius 1 is 0.972 bits per heavy atom. The Hall–Kier alpha value is -4.31. The molecule has 186 valence electrons. The highest BCUT2D eigenvalue weighted by Gasteiger charge is 2.24. The van der Waals surface area contributed by atoms with Crippen LogP contribution in [-0.2, 0) is 10.0 Å². The lowest BCUT2D eigenvalue weighted by Crippen LogP contribution is -2.31. The minimum absolute atomic E-state index is 0. The molecule has 2 aromatic carbocycles. The van der Waals surface area contributed by atoms with Gasteiger partial charge in [0.2, 0.25) is 5.88 Å². The molecule has 10 heteroatoms. The Labute approximate surface area is 209 Å². The molecule has 1 amide bonds. The second-order valence-corrected chi connectivity index (χ2v) is 9.85. The number of aryl methyl sites for hydroxylation is 3. The average molecular weight is 509 g/mol. The molecule has 0 fully saturated rings. The summed E-state index contributed by atoms with van der Waals surface area (Å²) in [5.74, 6) is -1.00. The number of hydrogen-bond acceptors (Lipinski definition) is 7. The second-order valence-electron chi connectivity index (χ2n) is 8.22. The molecule has 0 aliphatic rings. The summed E-state index contributed by atoms with van der Waals surface area (Å²) >= 11 is 0. The lowest BCUT2D eigenvalue weighted by atomic mass is 10.1. The number of hydrogen-bond donors (Lipinski definition) is 2. The quantitative estimate of drug-likeness (QED) is 0.378. The molecule has 0 saturated heterocycles. The summed E-state index contributed by atoms with van der Waals surface area (Å²) in [5, 5.41) is -0.403. The van der Waals surface area contributed by atoms with Crippen molar-refractivity contribution >= 4 is 21.7 Å². The van der Waals surface area contributed by atoms with Crippen LogP contribution in [-0.4, -0.2) is 24.3 Å². The molecule has 0 unspecified atom stereocenters. The molecule has 4 rings (SSSR count). The van der Waals surface area contributed by atoms with Gasteiger partial charge in [-0.25, -0.2) is 19.1 Å². The first kappa shape index (κ1) is 24.8. The number of aromatic nitrogens is 2. The van der Waals surface area contributed by atoms with E-state index in [2.05, 4.69) is 9.97 Å². The number of pyridine rings is 2. The number of nitrogens with one attached hydrogen (secondary N) is 1. The van der Waals surface area contributed by atoms with Crippen LogP contribution in [0.3, 0.4) is 0 Å². The molecule has 0 aliphatic heterocycles. The van der Waals surface area contributed by atoms with Crippen molar-refractivity contribution in [1.82, 2.24) is 14.7 Å². The van der Waals surface area contributed by atoms with E-state index in [1.54, 1.807) is 12.1 Å². The van der Waals surface area contributed by atoms with Crippen LogP contribution in [0.15, 0.2) is 71.8 Å². The highest BCUT2D eigenvalue weighted by molar-refractivity contribution is 7.90. The summed E-state index contributed by atoms with van der Waals surface area (Å²) in [6.45, 7) is 5.66.